The van der Waals surface area contributed by atoms with Gasteiger partial charge in [-0.1, -0.05) is 24.3 Å². The molecule has 2 aromatic heterocycles. The van der Waals surface area contributed by atoms with Gasteiger partial charge in [-0.05, 0) is 54.8 Å². The molecule has 2 heterocycles. The van der Waals surface area contributed by atoms with Gasteiger partial charge in [-0.25, -0.2) is 0 Å². The number of ketones is 1. The summed E-state index contributed by atoms with van der Waals surface area (Å²) in [6.45, 7) is 17.5. The zero-order valence-electron chi connectivity index (χ0n) is 24.6. The van der Waals surface area contributed by atoms with Gasteiger partial charge >= 0.3 is 33.9 Å². The number of rotatable bonds is 19. The van der Waals surface area contributed by atoms with Gasteiger partial charge in [0, 0.05) is 82.2 Å². The normalized spacial score (nSPS) is 10.2. The van der Waals surface area contributed by atoms with Crippen LogP contribution in [-0.4, -0.2) is 62.4 Å². The van der Waals surface area contributed by atoms with Gasteiger partial charge in [0.25, 0.3) is 0 Å². The molecule has 241 valence electrons. The smallest absolute Gasteiger partial charge is 0 e. The fourth-order valence-electron chi connectivity index (χ4n) is 3.81. The molecule has 0 fully saturated rings. The molecule has 0 aliphatic heterocycles. The Kier molecular flexibility index (Phi) is 30.2. The molecule has 1 unspecified atom stereocenters. The summed E-state index contributed by atoms with van der Waals surface area (Å²) in [7, 11) is 0. The number of aryl methyl sites for hydroxylation is 1. The minimum atomic E-state index is -2.33. The van der Waals surface area contributed by atoms with E-state index in [9.17, 15) is 13.6 Å². The van der Waals surface area contributed by atoms with E-state index < -0.39 is 11.3 Å². The van der Waals surface area contributed by atoms with E-state index in [1.165, 1.54) is 0 Å². The number of anilines is 1. The number of hydrogen-bond donors (Lipinski definition) is 1. The van der Waals surface area contributed by atoms with Crippen LogP contribution in [0.4, 0.5) is 5.69 Å². The number of aromatic nitrogens is 2. The summed E-state index contributed by atoms with van der Waals surface area (Å²) >= 11 is -2.33. The number of carbonyl (C=O) groups is 1. The molecule has 0 saturated heterocycles. The van der Waals surface area contributed by atoms with Crippen LogP contribution in [0.2, 0.25) is 0 Å². The van der Waals surface area contributed by atoms with Crippen molar-refractivity contribution in [1.82, 2.24) is 14.9 Å². The van der Waals surface area contributed by atoms with E-state index >= 15 is 0 Å². The van der Waals surface area contributed by atoms with E-state index in [0.717, 1.165) is 36.3 Å². The van der Waals surface area contributed by atoms with Crippen LogP contribution < -0.4 is 4.72 Å². The number of carbonyl (C=O) groups excluding carboxylic acids is 1. The third kappa shape index (κ3) is 22.9. The summed E-state index contributed by atoms with van der Waals surface area (Å²) in [5, 5.41) is 0. The van der Waals surface area contributed by atoms with Gasteiger partial charge in [-0.3, -0.25) is 23.9 Å². The first-order chi connectivity index (χ1) is 21.6. The Labute approximate surface area is 280 Å². The predicted molar refractivity (Wildman–Crippen MR) is 158 cm³/mol. The largest absolute Gasteiger partial charge is 0 e. The van der Waals surface area contributed by atoms with Crippen molar-refractivity contribution in [1.29, 1.82) is 0 Å². The van der Waals surface area contributed by atoms with E-state index in [4.69, 9.17) is 23.4 Å². The quantitative estimate of drug-likeness (QED) is 0.0828. The van der Waals surface area contributed by atoms with Crippen molar-refractivity contribution >= 4 is 22.7 Å². The average Bonchev–Trinajstić information content (AvgIpc) is 3.06. The van der Waals surface area contributed by atoms with E-state index in [2.05, 4.69) is 39.5 Å². The monoisotopic (exact) mass is 810 g/mol. The summed E-state index contributed by atoms with van der Waals surface area (Å²) in [5.74, 6) is 0.172. The number of Topliss-reactive ketones (excluding diaryl/α,β-unsaturated/α-hetero) is 1. The van der Waals surface area contributed by atoms with Crippen molar-refractivity contribution in [3.63, 3.8) is 0 Å². The molecule has 3 aromatic rings. The first-order valence-electron chi connectivity index (χ1n) is 13.3. The second kappa shape index (κ2) is 30.9. The Bertz CT molecular complexity index is 1180. The molecule has 0 bridgehead atoms. The van der Waals surface area contributed by atoms with Crippen LogP contribution in [0.15, 0.2) is 73.1 Å². The molecule has 3 rings (SSSR count). The van der Waals surface area contributed by atoms with Crippen LogP contribution in [0.5, 0.6) is 0 Å². The molecule has 14 heteroatoms. The fourth-order valence-corrected chi connectivity index (χ4v) is 4.14. The van der Waals surface area contributed by atoms with Gasteiger partial charge in [0.15, 0.2) is 0 Å². The van der Waals surface area contributed by atoms with E-state index in [0.29, 0.717) is 58.0 Å². The molecule has 12 nitrogen and oxygen atoms in total. The van der Waals surface area contributed by atoms with Crippen molar-refractivity contribution in [3.8, 4) is 0 Å². The number of ether oxygens (including phenoxy) is 2. The SMILES string of the molecule is O=C(CCCc1ccc(NS(=O)[O-])cc1)CCOCCOCCN(Cc1ccccn1)Cc1ccccn1.[C-]#[O+].[C-]#[O+].[C-]#[O+].[Re]. The Hall–Kier alpha value is -3.14. The van der Waals surface area contributed by atoms with Crippen LogP contribution in [0, 0.1) is 20.0 Å². The summed E-state index contributed by atoms with van der Waals surface area (Å²) in [4.78, 5) is 23.2. The minimum absolute atomic E-state index is 0. The zero-order valence-corrected chi connectivity index (χ0v) is 28.1. The molecule has 45 heavy (non-hydrogen) atoms. The first-order valence-corrected chi connectivity index (χ1v) is 14.4. The first kappa shape index (κ1) is 44.0. The van der Waals surface area contributed by atoms with Crippen LogP contribution in [0.1, 0.15) is 36.2 Å². The molecule has 1 N–H and O–H groups in total. The van der Waals surface area contributed by atoms with Crippen molar-refractivity contribution in [2.45, 2.75) is 38.8 Å². The average molecular weight is 810 g/mol. The van der Waals surface area contributed by atoms with E-state index in [1.807, 2.05) is 48.5 Å². The van der Waals surface area contributed by atoms with Gasteiger partial charge < -0.3 is 18.7 Å². The predicted octanol–water partition coefficient (Wildman–Crippen LogP) is 3.59. The van der Waals surface area contributed by atoms with Crippen LogP contribution >= 0.6 is 0 Å². The third-order valence-electron chi connectivity index (χ3n) is 5.75. The molecule has 0 aliphatic carbocycles. The Morgan fingerprint density at radius 3 is 1.82 bits per heavy atom. The van der Waals surface area contributed by atoms with Crippen molar-refractivity contribution in [2.24, 2.45) is 0 Å². The number of benzene rings is 1. The van der Waals surface area contributed by atoms with Gasteiger partial charge in [-0.2, -0.15) is 0 Å². The van der Waals surface area contributed by atoms with Gasteiger partial charge in [0.05, 0.1) is 37.8 Å². The van der Waals surface area contributed by atoms with Crippen LogP contribution in [0.25, 0.3) is 0 Å². The number of pyridine rings is 2. The van der Waals surface area contributed by atoms with Crippen molar-refractivity contribution in [3.05, 3.63) is 110 Å². The van der Waals surface area contributed by atoms with Gasteiger partial charge in [0.2, 0.25) is 0 Å². The number of hydrogen-bond acceptors (Lipinski definition) is 8. The molecule has 1 radical (unpaired) electrons. The van der Waals surface area contributed by atoms with Crippen LogP contribution in [-0.2, 0) is 79.4 Å². The summed E-state index contributed by atoms with van der Waals surface area (Å²) < 4.78 is 57.4. The molecule has 0 saturated carbocycles. The van der Waals surface area contributed by atoms with Gasteiger partial charge in [0.1, 0.15) is 5.78 Å². The second-order valence-electron chi connectivity index (χ2n) is 8.75. The Balaban J connectivity index is 0. The maximum absolute atomic E-state index is 12.1. The van der Waals surface area contributed by atoms with Crippen molar-refractivity contribution in [2.75, 3.05) is 37.7 Å². The molecule has 1 aromatic carbocycles. The fraction of sp³-hybridized carbons (Fsp3) is 0.355. The molecule has 0 aliphatic rings. The number of nitrogens with zero attached hydrogens (tertiary/aromatic N) is 3. The third-order valence-corrected chi connectivity index (χ3v) is 6.15. The molecular formula is C31H35N4O8ReS-. The van der Waals surface area contributed by atoms with E-state index in [1.54, 1.807) is 24.5 Å². The Morgan fingerprint density at radius 2 is 1.33 bits per heavy atom. The summed E-state index contributed by atoms with van der Waals surface area (Å²) in [6.07, 6.45) is 5.99. The molecule has 0 amide bonds. The second-order valence-corrected chi connectivity index (χ2v) is 9.43. The summed E-state index contributed by atoms with van der Waals surface area (Å²) in [5.41, 5.74) is 3.58. The van der Waals surface area contributed by atoms with Crippen molar-refractivity contribution < 1.29 is 57.4 Å². The molecule has 0 spiro atoms. The molecular weight excluding hydrogens is 775 g/mol. The molecule has 1 atom stereocenters. The van der Waals surface area contributed by atoms with Crippen LogP contribution in [0.3, 0.4) is 0 Å². The summed E-state index contributed by atoms with van der Waals surface area (Å²) in [6, 6.07) is 19.0. The van der Waals surface area contributed by atoms with E-state index in [-0.39, 0.29) is 26.2 Å². The zero-order chi connectivity index (χ0) is 32.8. The minimum Gasteiger partial charge on any atom is 0 e. The topological polar surface area (TPSA) is 176 Å². The number of nitrogens with one attached hydrogen (secondary N) is 1. The maximum Gasteiger partial charge on any atom is 0 e. The Morgan fingerprint density at radius 1 is 0.800 bits per heavy atom. The maximum atomic E-state index is 12.1. The standard InChI is InChI=1S/C28H36N4O5S.3CO.Re/c33-28(9-5-6-24-10-12-25(13-11-24)31-38(34)35)14-18-36-20-21-37-19-17-32(22-26-7-1-3-15-29-26)23-27-8-2-4-16-30-27;3*1-2;/h1-4,7-8,10-13,15-16,31H,5-6,9,14,17-23H2,(H,34,35);;;;/p-1. The van der Waals surface area contributed by atoms with Gasteiger partial charge in [-0.15, -0.1) is 0 Å².